The molecule has 0 aromatic heterocycles. The Morgan fingerprint density at radius 1 is 1.20 bits per heavy atom. The van der Waals surface area contributed by atoms with Gasteiger partial charge in [-0.15, -0.1) is 0 Å². The number of ether oxygens (including phenoxy) is 1. The predicted molar refractivity (Wildman–Crippen MR) is 150 cm³/mol. The van der Waals surface area contributed by atoms with Crippen molar-refractivity contribution < 1.29 is 28.6 Å². The molecule has 11 heteroatoms. The molecule has 0 spiro atoms. The zero-order valence-corrected chi connectivity index (χ0v) is 23.9. The highest BCUT2D eigenvalue weighted by atomic mass is 35.5. The Morgan fingerprint density at radius 3 is 2.58 bits per heavy atom. The number of nitrogens with zero attached hydrogens (tertiary/aromatic N) is 3. The van der Waals surface area contributed by atoms with Crippen molar-refractivity contribution in [2.75, 3.05) is 18.5 Å². The summed E-state index contributed by atoms with van der Waals surface area (Å²) >= 11 is 6.25. The molecule has 3 amide bonds. The molecule has 2 aromatic carbocycles. The van der Waals surface area contributed by atoms with Gasteiger partial charge in [0.05, 0.1) is 29.5 Å². The Morgan fingerprint density at radius 2 is 1.90 bits per heavy atom. The average Bonchev–Trinajstić information content (AvgIpc) is 3.36. The molecule has 40 heavy (non-hydrogen) atoms. The molecular formula is C29H34ClFN4O5. The second-order valence-corrected chi connectivity index (χ2v) is 11.5. The second-order valence-electron chi connectivity index (χ2n) is 11.1. The lowest BCUT2D eigenvalue weighted by Gasteiger charge is -2.33. The molecule has 0 aliphatic carbocycles. The zero-order valence-electron chi connectivity index (χ0n) is 23.1. The van der Waals surface area contributed by atoms with Crippen LogP contribution >= 0.6 is 11.6 Å². The number of hydrogen-bond donors (Lipinski definition) is 2. The summed E-state index contributed by atoms with van der Waals surface area (Å²) in [7, 11) is 1.53. The number of halogens is 2. The lowest BCUT2D eigenvalue weighted by atomic mass is 9.95. The highest BCUT2D eigenvalue weighted by Gasteiger charge is 2.41. The topological polar surface area (TPSA) is 112 Å². The number of hydrogen-bond acceptors (Lipinski definition) is 6. The fourth-order valence-corrected chi connectivity index (χ4v) is 5.13. The third kappa shape index (κ3) is 6.13. The van der Waals surface area contributed by atoms with Gasteiger partial charge in [-0.05, 0) is 63.9 Å². The number of carbonyl (C=O) groups is 3. The summed E-state index contributed by atoms with van der Waals surface area (Å²) in [5.41, 5.74) is 0.455. The summed E-state index contributed by atoms with van der Waals surface area (Å²) < 4.78 is 20.4. The van der Waals surface area contributed by atoms with Crippen molar-refractivity contribution in [2.45, 2.75) is 64.4 Å². The van der Waals surface area contributed by atoms with Gasteiger partial charge in [0, 0.05) is 29.7 Å². The van der Waals surface area contributed by atoms with Crippen LogP contribution in [0.1, 0.15) is 51.7 Å². The van der Waals surface area contributed by atoms with Crippen LogP contribution in [-0.4, -0.2) is 71.1 Å². The SMILES string of the molecule is C[C@@H](C(=O)NC1N=C(c2ccccc2F)c2cc(Cl)ccc2N(C)C1=O)[C@@H](O)[C@H]1CCCN1C(=O)OC(C)(C)C. The third-order valence-corrected chi connectivity index (χ3v) is 7.29. The van der Waals surface area contributed by atoms with Crippen LogP contribution in [-0.2, 0) is 14.3 Å². The maximum absolute atomic E-state index is 14.9. The molecule has 1 fully saturated rings. The molecule has 2 N–H and O–H groups in total. The number of benzene rings is 2. The largest absolute Gasteiger partial charge is 0.444 e. The van der Waals surface area contributed by atoms with E-state index in [9.17, 15) is 23.9 Å². The van der Waals surface area contributed by atoms with E-state index in [0.29, 0.717) is 35.7 Å². The number of anilines is 1. The second kappa shape index (κ2) is 11.5. The van der Waals surface area contributed by atoms with E-state index in [2.05, 4.69) is 10.3 Å². The normalized spacial score (nSPS) is 20.8. The monoisotopic (exact) mass is 572 g/mol. The predicted octanol–water partition coefficient (Wildman–Crippen LogP) is 4.13. The number of fused-ring (bicyclic) bond motifs is 1. The molecular weight excluding hydrogens is 539 g/mol. The van der Waals surface area contributed by atoms with E-state index in [-0.39, 0.29) is 11.3 Å². The maximum atomic E-state index is 14.9. The molecule has 0 radical (unpaired) electrons. The van der Waals surface area contributed by atoms with Gasteiger partial charge in [-0.2, -0.15) is 0 Å². The zero-order chi connectivity index (χ0) is 29.4. The van der Waals surface area contributed by atoms with Crippen LogP contribution < -0.4 is 10.2 Å². The minimum Gasteiger partial charge on any atom is -0.444 e. The van der Waals surface area contributed by atoms with Gasteiger partial charge in [-0.3, -0.25) is 9.59 Å². The highest BCUT2D eigenvalue weighted by molar-refractivity contribution is 6.32. The van der Waals surface area contributed by atoms with Crippen molar-refractivity contribution in [3.8, 4) is 0 Å². The van der Waals surface area contributed by atoms with Crippen LogP contribution in [0.25, 0.3) is 0 Å². The van der Waals surface area contributed by atoms with E-state index in [0.717, 1.165) is 0 Å². The minimum absolute atomic E-state index is 0.139. The van der Waals surface area contributed by atoms with Crippen molar-refractivity contribution in [3.05, 3.63) is 64.4 Å². The minimum atomic E-state index is -1.40. The first-order valence-electron chi connectivity index (χ1n) is 13.2. The maximum Gasteiger partial charge on any atom is 0.410 e. The van der Waals surface area contributed by atoms with Crippen molar-refractivity contribution in [1.82, 2.24) is 10.2 Å². The van der Waals surface area contributed by atoms with Gasteiger partial charge in [0.2, 0.25) is 12.1 Å². The van der Waals surface area contributed by atoms with Crippen molar-refractivity contribution in [3.63, 3.8) is 0 Å². The van der Waals surface area contributed by atoms with E-state index < -0.39 is 53.6 Å². The lowest BCUT2D eigenvalue weighted by molar-refractivity contribution is -0.133. The number of carbonyl (C=O) groups excluding carboxylic acids is 3. The average molecular weight is 573 g/mol. The molecule has 2 aromatic rings. The smallest absolute Gasteiger partial charge is 0.410 e. The van der Waals surface area contributed by atoms with Crippen LogP contribution in [0.2, 0.25) is 5.02 Å². The first-order chi connectivity index (χ1) is 18.8. The van der Waals surface area contributed by atoms with E-state index >= 15 is 0 Å². The first-order valence-corrected chi connectivity index (χ1v) is 13.5. The molecule has 214 valence electrons. The van der Waals surface area contributed by atoms with E-state index in [1.807, 2.05) is 0 Å². The van der Waals surface area contributed by atoms with Crippen molar-refractivity contribution in [1.29, 1.82) is 0 Å². The molecule has 2 heterocycles. The van der Waals surface area contributed by atoms with Crippen LogP contribution in [0.3, 0.4) is 0 Å². The van der Waals surface area contributed by atoms with E-state index in [4.69, 9.17) is 16.3 Å². The van der Waals surface area contributed by atoms with Gasteiger partial charge in [-0.1, -0.05) is 30.7 Å². The Bertz CT molecular complexity index is 1340. The Labute approximate surface area is 238 Å². The number of aliphatic hydroxyl groups is 1. The summed E-state index contributed by atoms with van der Waals surface area (Å²) in [6.07, 6.45) is -2.04. The van der Waals surface area contributed by atoms with Crippen molar-refractivity contribution >= 4 is 40.9 Å². The summed E-state index contributed by atoms with van der Waals surface area (Å²) in [5, 5.41) is 14.1. The van der Waals surface area contributed by atoms with Gasteiger partial charge in [-0.25, -0.2) is 14.2 Å². The fraction of sp³-hybridized carbons (Fsp3) is 0.448. The van der Waals surface area contributed by atoms with Crippen LogP contribution in [0.4, 0.5) is 14.9 Å². The molecule has 2 aliphatic heterocycles. The van der Waals surface area contributed by atoms with Gasteiger partial charge >= 0.3 is 6.09 Å². The molecule has 2 aliphatic rings. The summed E-state index contributed by atoms with van der Waals surface area (Å²) in [6.45, 7) is 7.18. The molecule has 9 nitrogen and oxygen atoms in total. The number of likely N-dealkylation sites (tertiary alicyclic amines) is 1. The number of benzodiazepines with no additional fused rings is 1. The first kappa shape index (κ1) is 29.5. The van der Waals surface area contributed by atoms with Gasteiger partial charge in [0.25, 0.3) is 5.91 Å². The van der Waals surface area contributed by atoms with E-state index in [1.165, 1.54) is 42.0 Å². The number of nitrogens with one attached hydrogen (secondary N) is 1. The lowest BCUT2D eigenvalue weighted by Crippen LogP contribution is -2.53. The summed E-state index contributed by atoms with van der Waals surface area (Å²) in [5.74, 6) is -2.75. The van der Waals surface area contributed by atoms with E-state index in [1.54, 1.807) is 45.0 Å². The number of likely N-dealkylation sites (N-methyl/N-ethyl adjacent to an activating group) is 1. The standard InChI is InChI=1S/C29H34ClFN4O5/c1-16(24(36)22-11-8-14-35(22)28(39)40-29(2,3)4)26(37)33-25-27(38)34(5)21-13-12-17(30)15-19(21)23(32-25)18-9-6-7-10-20(18)31/h6-7,9-10,12-13,15-16,22,24-25,36H,8,11,14H2,1-5H3,(H,33,37)/t16-,22-,24-,25?/m1/s1. The van der Waals surface area contributed by atoms with Crippen LogP contribution in [0, 0.1) is 11.7 Å². The highest BCUT2D eigenvalue weighted by Crippen LogP contribution is 2.31. The van der Waals surface area contributed by atoms with Gasteiger partial charge in [0.15, 0.2) is 0 Å². The van der Waals surface area contributed by atoms with Crippen LogP contribution in [0.5, 0.6) is 0 Å². The summed E-state index contributed by atoms with van der Waals surface area (Å²) in [6, 6.07) is 10.2. The van der Waals surface area contributed by atoms with Gasteiger partial charge < -0.3 is 25.0 Å². The Hall–Kier alpha value is -3.50. The summed E-state index contributed by atoms with van der Waals surface area (Å²) in [4.78, 5) is 46.8. The Kier molecular flexibility index (Phi) is 8.51. The number of aliphatic imine (C=N–C) groups is 1. The number of aliphatic hydroxyl groups excluding tert-OH is 1. The fourth-order valence-electron chi connectivity index (χ4n) is 4.96. The van der Waals surface area contributed by atoms with Gasteiger partial charge in [0.1, 0.15) is 11.4 Å². The third-order valence-electron chi connectivity index (χ3n) is 7.05. The van der Waals surface area contributed by atoms with Crippen LogP contribution in [0.15, 0.2) is 47.5 Å². The van der Waals surface area contributed by atoms with Crippen molar-refractivity contribution in [2.24, 2.45) is 10.9 Å². The Balaban J connectivity index is 1.61. The molecule has 0 bridgehead atoms. The molecule has 1 saturated heterocycles. The quantitative estimate of drug-likeness (QED) is 0.559. The molecule has 1 unspecified atom stereocenters. The molecule has 0 saturated carbocycles. The number of rotatable bonds is 5. The number of amides is 3. The molecule has 4 rings (SSSR count). The molecule has 4 atom stereocenters.